The fraction of sp³-hybridized carbons (Fsp3) is 0.158. The van der Waals surface area contributed by atoms with E-state index in [9.17, 15) is 9.18 Å². The van der Waals surface area contributed by atoms with E-state index in [0.29, 0.717) is 29.5 Å². The predicted molar refractivity (Wildman–Crippen MR) is 104 cm³/mol. The number of hydrogen-bond acceptors (Lipinski definition) is 5. The lowest BCUT2D eigenvalue weighted by Gasteiger charge is -2.18. The molecule has 2 aromatic heterocycles. The third kappa shape index (κ3) is 4.22. The first kappa shape index (κ1) is 18.8. The Morgan fingerprint density at radius 1 is 1.19 bits per heavy atom. The van der Waals surface area contributed by atoms with E-state index in [2.05, 4.69) is 28.2 Å². The van der Waals surface area contributed by atoms with Gasteiger partial charge in [-0.25, -0.2) is 19.0 Å². The molecule has 0 aliphatic carbocycles. The smallest absolute Gasteiger partial charge is 0.233 e. The summed E-state index contributed by atoms with van der Waals surface area (Å²) in [7, 11) is 0. The zero-order valence-electron chi connectivity index (χ0n) is 14.6. The van der Waals surface area contributed by atoms with E-state index in [1.165, 1.54) is 30.2 Å². The van der Waals surface area contributed by atoms with Gasteiger partial charge >= 0.3 is 0 Å². The van der Waals surface area contributed by atoms with E-state index in [0.717, 1.165) is 5.39 Å². The Bertz CT molecular complexity index is 960. The van der Waals surface area contributed by atoms with Gasteiger partial charge in [-0.3, -0.25) is 4.79 Å². The number of thioether (sulfide) groups is 1. The molecule has 1 amide bonds. The SMILES string of the molecule is C=CCN(CC=C)C(=O)CSc1ncnc2c1cnn2-c1ccc(F)cc1. The topological polar surface area (TPSA) is 63.9 Å². The maximum Gasteiger partial charge on any atom is 0.233 e. The van der Waals surface area contributed by atoms with Crippen molar-refractivity contribution in [3.05, 3.63) is 67.9 Å². The number of rotatable bonds is 8. The molecule has 0 atom stereocenters. The summed E-state index contributed by atoms with van der Waals surface area (Å²) in [5, 5.41) is 5.73. The molecule has 0 unspecified atom stereocenters. The van der Waals surface area contributed by atoms with Crippen LogP contribution in [0.5, 0.6) is 0 Å². The summed E-state index contributed by atoms with van der Waals surface area (Å²) in [6, 6.07) is 5.99. The maximum atomic E-state index is 13.2. The van der Waals surface area contributed by atoms with Crippen LogP contribution in [0.4, 0.5) is 4.39 Å². The zero-order chi connectivity index (χ0) is 19.2. The van der Waals surface area contributed by atoms with Crippen LogP contribution in [0.1, 0.15) is 0 Å². The lowest BCUT2D eigenvalue weighted by molar-refractivity contribution is -0.127. The average molecular weight is 383 g/mol. The minimum absolute atomic E-state index is 0.0301. The second-order valence-corrected chi connectivity index (χ2v) is 6.58. The van der Waals surface area contributed by atoms with Crippen molar-refractivity contribution < 1.29 is 9.18 Å². The van der Waals surface area contributed by atoms with Crippen molar-refractivity contribution in [2.24, 2.45) is 0 Å². The van der Waals surface area contributed by atoms with Gasteiger partial charge in [0, 0.05) is 13.1 Å². The molecule has 3 aromatic rings. The van der Waals surface area contributed by atoms with E-state index in [4.69, 9.17) is 0 Å². The molecule has 8 heteroatoms. The minimum Gasteiger partial charge on any atom is -0.335 e. The van der Waals surface area contributed by atoms with Crippen LogP contribution in [0.15, 0.2) is 67.1 Å². The average Bonchev–Trinajstić information content (AvgIpc) is 3.11. The third-order valence-corrected chi connectivity index (χ3v) is 4.77. The lowest BCUT2D eigenvalue weighted by atomic mass is 10.3. The molecular formula is C19H18FN5OS. The van der Waals surface area contributed by atoms with Crippen LogP contribution < -0.4 is 0 Å². The monoisotopic (exact) mass is 383 g/mol. The number of aromatic nitrogens is 4. The Morgan fingerprint density at radius 2 is 1.89 bits per heavy atom. The van der Waals surface area contributed by atoms with Gasteiger partial charge in [-0.05, 0) is 24.3 Å². The van der Waals surface area contributed by atoms with Gasteiger partial charge in [0.05, 0.1) is 23.0 Å². The highest BCUT2D eigenvalue weighted by Gasteiger charge is 2.15. The van der Waals surface area contributed by atoms with Crippen LogP contribution in [0, 0.1) is 5.82 Å². The van der Waals surface area contributed by atoms with Crippen LogP contribution in [-0.4, -0.2) is 49.4 Å². The van der Waals surface area contributed by atoms with E-state index in [1.54, 1.807) is 40.1 Å². The van der Waals surface area contributed by atoms with Gasteiger partial charge in [0.2, 0.25) is 5.91 Å². The normalized spacial score (nSPS) is 10.7. The van der Waals surface area contributed by atoms with Gasteiger partial charge in [-0.15, -0.1) is 13.2 Å². The van der Waals surface area contributed by atoms with Gasteiger partial charge in [0.15, 0.2) is 5.65 Å². The van der Waals surface area contributed by atoms with E-state index >= 15 is 0 Å². The Balaban J connectivity index is 1.82. The van der Waals surface area contributed by atoms with Crippen molar-refractivity contribution in [2.45, 2.75) is 5.03 Å². The summed E-state index contributed by atoms with van der Waals surface area (Å²) in [5.74, 6) is -0.115. The molecule has 6 nitrogen and oxygen atoms in total. The summed E-state index contributed by atoms with van der Waals surface area (Å²) in [6.07, 6.45) is 6.45. The second-order valence-electron chi connectivity index (χ2n) is 5.61. The number of fused-ring (bicyclic) bond motifs is 1. The predicted octanol–water partition coefficient (Wildman–Crippen LogP) is 3.25. The highest BCUT2D eigenvalue weighted by atomic mass is 32.2. The van der Waals surface area contributed by atoms with Gasteiger partial charge in [0.1, 0.15) is 17.2 Å². The summed E-state index contributed by atoms with van der Waals surface area (Å²) >= 11 is 1.32. The number of hydrogen-bond donors (Lipinski definition) is 0. The van der Waals surface area contributed by atoms with Crippen molar-refractivity contribution in [2.75, 3.05) is 18.8 Å². The highest BCUT2D eigenvalue weighted by molar-refractivity contribution is 8.00. The van der Waals surface area contributed by atoms with E-state index in [-0.39, 0.29) is 17.5 Å². The molecule has 2 heterocycles. The van der Waals surface area contributed by atoms with Crippen LogP contribution in [0.25, 0.3) is 16.7 Å². The molecule has 0 fully saturated rings. The molecule has 0 radical (unpaired) electrons. The highest BCUT2D eigenvalue weighted by Crippen LogP contribution is 2.26. The molecule has 0 spiro atoms. The van der Waals surface area contributed by atoms with Crippen molar-refractivity contribution in [1.82, 2.24) is 24.6 Å². The van der Waals surface area contributed by atoms with Crippen LogP contribution in [0.2, 0.25) is 0 Å². The van der Waals surface area contributed by atoms with Crippen LogP contribution in [0.3, 0.4) is 0 Å². The molecule has 3 rings (SSSR count). The fourth-order valence-electron chi connectivity index (χ4n) is 2.52. The Hall–Kier alpha value is -3.00. The number of nitrogens with zero attached hydrogens (tertiary/aromatic N) is 5. The Kier molecular flexibility index (Phi) is 5.97. The van der Waals surface area contributed by atoms with Crippen molar-refractivity contribution >= 4 is 28.7 Å². The van der Waals surface area contributed by atoms with Crippen molar-refractivity contribution in [1.29, 1.82) is 0 Å². The number of halogens is 1. The molecule has 0 bridgehead atoms. The fourth-order valence-corrected chi connectivity index (χ4v) is 3.38. The molecule has 0 aliphatic heterocycles. The molecule has 1 aromatic carbocycles. The van der Waals surface area contributed by atoms with Gasteiger partial charge in [-0.1, -0.05) is 23.9 Å². The third-order valence-electron chi connectivity index (χ3n) is 3.78. The lowest BCUT2D eigenvalue weighted by Crippen LogP contribution is -2.32. The van der Waals surface area contributed by atoms with Crippen LogP contribution >= 0.6 is 11.8 Å². The number of benzene rings is 1. The summed E-state index contributed by atoms with van der Waals surface area (Å²) in [4.78, 5) is 22.6. The summed E-state index contributed by atoms with van der Waals surface area (Å²) in [5.41, 5.74) is 1.29. The van der Waals surface area contributed by atoms with Crippen molar-refractivity contribution in [3.63, 3.8) is 0 Å². The minimum atomic E-state index is -0.316. The van der Waals surface area contributed by atoms with Gasteiger partial charge < -0.3 is 4.90 Å². The Morgan fingerprint density at radius 3 is 2.56 bits per heavy atom. The number of amides is 1. The Labute approximate surface area is 160 Å². The largest absolute Gasteiger partial charge is 0.335 e. The summed E-state index contributed by atoms with van der Waals surface area (Å²) < 4.78 is 14.8. The molecule has 0 saturated heterocycles. The van der Waals surface area contributed by atoms with E-state index in [1.807, 2.05) is 0 Å². The molecule has 0 N–H and O–H groups in total. The molecule has 0 aliphatic rings. The van der Waals surface area contributed by atoms with Crippen molar-refractivity contribution in [3.8, 4) is 5.69 Å². The van der Waals surface area contributed by atoms with Gasteiger partial charge in [0.25, 0.3) is 0 Å². The number of carbonyl (C=O) groups excluding carboxylic acids is 1. The summed E-state index contributed by atoms with van der Waals surface area (Å²) in [6.45, 7) is 8.27. The van der Waals surface area contributed by atoms with E-state index < -0.39 is 0 Å². The second kappa shape index (κ2) is 8.59. The molecule has 138 valence electrons. The molecular weight excluding hydrogens is 365 g/mol. The first-order chi connectivity index (χ1) is 13.1. The first-order valence-corrected chi connectivity index (χ1v) is 9.19. The maximum absolute atomic E-state index is 13.2. The molecule has 27 heavy (non-hydrogen) atoms. The van der Waals surface area contributed by atoms with Crippen LogP contribution in [-0.2, 0) is 4.79 Å². The molecule has 0 saturated carbocycles. The zero-order valence-corrected chi connectivity index (χ0v) is 15.4. The number of carbonyl (C=O) groups is 1. The van der Waals surface area contributed by atoms with Gasteiger partial charge in [-0.2, -0.15) is 5.10 Å². The quantitative estimate of drug-likeness (QED) is 0.339. The standard InChI is InChI=1S/C19H18FN5OS/c1-3-9-24(10-4-2)17(26)12-27-19-16-11-23-25(18(16)21-13-22-19)15-7-5-14(20)6-8-15/h3-8,11,13H,1-2,9-10,12H2. The first-order valence-electron chi connectivity index (χ1n) is 8.21.